The predicted molar refractivity (Wildman–Crippen MR) is 290 cm³/mol. The van der Waals surface area contributed by atoms with E-state index in [0.29, 0.717) is 28.6 Å². The highest BCUT2D eigenvalue weighted by Gasteiger charge is 2.26. The molecule has 0 aliphatic carbocycles. The summed E-state index contributed by atoms with van der Waals surface area (Å²) in [5.41, 5.74) is 18.0. The number of fused-ring (bicyclic) bond motifs is 3. The minimum Gasteiger partial charge on any atom is -0.308 e. The first-order valence-corrected chi connectivity index (χ1v) is 23.8. The molecule has 0 spiro atoms. The molecular formula is C65H44N6. The normalized spacial score (nSPS) is 11.2. The van der Waals surface area contributed by atoms with Crippen molar-refractivity contribution in [3.8, 4) is 102 Å². The van der Waals surface area contributed by atoms with E-state index in [1.165, 1.54) is 11.1 Å². The third kappa shape index (κ3) is 8.22. The maximum Gasteiger partial charge on any atom is 0.160 e. The largest absolute Gasteiger partial charge is 0.308 e. The van der Waals surface area contributed by atoms with Crippen molar-refractivity contribution in [3.63, 3.8) is 0 Å². The first-order chi connectivity index (χ1) is 34.9. The van der Waals surface area contributed by atoms with Crippen LogP contribution in [0.25, 0.3) is 118 Å². The Morgan fingerprint density at radius 1 is 0.338 bits per heavy atom. The van der Waals surface area contributed by atoms with Gasteiger partial charge in [-0.15, -0.1) is 0 Å². The second-order valence-electron chi connectivity index (χ2n) is 18.0. The summed E-state index contributed by atoms with van der Waals surface area (Å²) < 4.78 is 2.38. The van der Waals surface area contributed by atoms with Crippen LogP contribution in [0, 0.1) is 25.2 Å². The Kier molecular flexibility index (Phi) is 10.9. The van der Waals surface area contributed by atoms with Gasteiger partial charge < -0.3 is 4.57 Å². The molecule has 71 heavy (non-hydrogen) atoms. The highest BCUT2D eigenvalue weighted by atomic mass is 15.0. The van der Waals surface area contributed by atoms with Crippen LogP contribution in [0.4, 0.5) is 0 Å². The number of nitrogens with zero attached hydrogens (tertiary/aromatic N) is 6. The Hall–Kier alpha value is -9.57. The predicted octanol–water partition coefficient (Wildman–Crippen LogP) is 16.2. The van der Waals surface area contributed by atoms with Crippen LogP contribution >= 0.6 is 0 Å². The van der Waals surface area contributed by atoms with Crippen LogP contribution in [0.1, 0.15) is 16.7 Å². The van der Waals surface area contributed by atoms with Gasteiger partial charge in [-0.05, 0) is 72.5 Å². The average Bonchev–Trinajstić information content (AvgIpc) is 3.76. The van der Waals surface area contributed by atoms with Gasteiger partial charge in [0, 0.05) is 44.2 Å². The summed E-state index contributed by atoms with van der Waals surface area (Å²) in [6.45, 7) is 4.23. The van der Waals surface area contributed by atoms with Gasteiger partial charge in [-0.2, -0.15) is 5.26 Å². The topological polar surface area (TPSA) is 80.3 Å². The van der Waals surface area contributed by atoms with Gasteiger partial charge in [-0.1, -0.05) is 205 Å². The van der Waals surface area contributed by atoms with Gasteiger partial charge in [-0.3, -0.25) is 0 Å². The summed E-state index contributed by atoms with van der Waals surface area (Å²) in [5, 5.41) is 13.3. The lowest BCUT2D eigenvalue weighted by Crippen LogP contribution is -2.05. The van der Waals surface area contributed by atoms with Crippen LogP contribution < -0.4 is 0 Å². The molecule has 0 saturated heterocycles. The minimum absolute atomic E-state index is 0.461. The van der Waals surface area contributed by atoms with E-state index in [4.69, 9.17) is 19.9 Å². The molecule has 0 aliphatic rings. The van der Waals surface area contributed by atoms with Crippen molar-refractivity contribution in [3.05, 3.63) is 247 Å². The number of aryl methyl sites for hydroxylation is 2. The number of rotatable bonds is 9. The lowest BCUT2D eigenvalue weighted by atomic mass is 9.95. The third-order valence-electron chi connectivity index (χ3n) is 13.2. The molecule has 6 heteroatoms. The summed E-state index contributed by atoms with van der Waals surface area (Å²) in [6, 6.07) is 82.1. The molecule has 334 valence electrons. The Morgan fingerprint density at radius 3 is 1.07 bits per heavy atom. The van der Waals surface area contributed by atoms with Gasteiger partial charge in [0.05, 0.1) is 51.1 Å². The Balaban J connectivity index is 1.25. The molecule has 12 aromatic rings. The van der Waals surface area contributed by atoms with Crippen LogP contribution in [0.2, 0.25) is 0 Å². The molecule has 0 amide bonds. The maximum absolute atomic E-state index is 11.1. The number of nitriles is 1. The lowest BCUT2D eigenvalue weighted by molar-refractivity contribution is 1.14. The van der Waals surface area contributed by atoms with Crippen LogP contribution in [-0.4, -0.2) is 24.5 Å². The summed E-state index contributed by atoms with van der Waals surface area (Å²) in [7, 11) is 0. The molecule has 0 radical (unpaired) electrons. The number of hydrogen-bond acceptors (Lipinski definition) is 5. The number of aromatic nitrogens is 5. The van der Waals surface area contributed by atoms with Gasteiger partial charge in [-0.25, -0.2) is 19.9 Å². The Labute approximate surface area is 412 Å². The first-order valence-electron chi connectivity index (χ1n) is 23.8. The molecule has 0 atom stereocenters. The van der Waals surface area contributed by atoms with Crippen molar-refractivity contribution in [2.24, 2.45) is 0 Å². The molecule has 0 bridgehead atoms. The molecule has 12 rings (SSSR count). The molecular weight excluding hydrogens is 865 g/mol. The van der Waals surface area contributed by atoms with Crippen LogP contribution in [-0.2, 0) is 0 Å². The zero-order chi connectivity index (χ0) is 47.8. The van der Waals surface area contributed by atoms with E-state index in [9.17, 15) is 5.26 Å². The quantitative estimate of drug-likeness (QED) is 0.144. The summed E-state index contributed by atoms with van der Waals surface area (Å²) in [4.78, 5) is 21.3. The Morgan fingerprint density at radius 2 is 0.690 bits per heavy atom. The fourth-order valence-corrected chi connectivity index (χ4v) is 9.56. The molecule has 9 aromatic carbocycles. The van der Waals surface area contributed by atoms with Gasteiger partial charge in [0.25, 0.3) is 0 Å². The molecule has 0 N–H and O–H groups in total. The van der Waals surface area contributed by atoms with Crippen molar-refractivity contribution >= 4 is 21.8 Å². The van der Waals surface area contributed by atoms with Gasteiger partial charge in [0.1, 0.15) is 0 Å². The van der Waals surface area contributed by atoms with Crippen molar-refractivity contribution in [2.45, 2.75) is 13.8 Å². The highest BCUT2D eigenvalue weighted by Crippen LogP contribution is 2.45. The first kappa shape index (κ1) is 42.8. The molecule has 3 aromatic heterocycles. The van der Waals surface area contributed by atoms with E-state index in [1.807, 2.05) is 109 Å². The van der Waals surface area contributed by atoms with Crippen molar-refractivity contribution in [1.82, 2.24) is 24.5 Å². The fourth-order valence-electron chi connectivity index (χ4n) is 9.56. The molecule has 0 unspecified atom stereocenters. The minimum atomic E-state index is 0.461. The molecule has 3 heterocycles. The SMILES string of the molecule is Cc1ccc(-c2ccc3c4ccc(-c5ccc(C)cc5)cc4n(-c4c(-c5cc(-c6ccccc6)nc(-c6ccccc6)n5)cc(C#N)cc4-c4cc(-c5ccccc5)nc(-c5ccccc5)n4)c3c2)cc1. The second-order valence-corrected chi connectivity index (χ2v) is 18.0. The summed E-state index contributed by atoms with van der Waals surface area (Å²) in [5.74, 6) is 1.14. The van der Waals surface area contributed by atoms with E-state index in [1.54, 1.807) is 0 Å². The average molecular weight is 909 g/mol. The standard InChI is InChI=1S/C65H44N6/c1-42-23-27-45(28-24-42)51-31-33-53-54-34-32-52(46-29-25-43(2)26-30-46)38-62(54)71(61(53)37-51)63-55(59-39-57(47-15-7-3-8-16-47)67-64(69-59)49-19-11-5-12-20-49)35-44(41-66)36-56(63)60-40-58(48-17-9-4-10-18-48)68-65(70-60)50-21-13-6-14-22-50/h3-40H,1-2H3. The van der Waals surface area contributed by atoms with Crippen LogP contribution in [0.3, 0.4) is 0 Å². The summed E-state index contributed by atoms with van der Waals surface area (Å²) >= 11 is 0. The zero-order valence-corrected chi connectivity index (χ0v) is 39.1. The fraction of sp³-hybridized carbons (Fsp3) is 0.0308. The van der Waals surface area contributed by atoms with E-state index in [2.05, 4.69) is 146 Å². The van der Waals surface area contributed by atoms with Gasteiger partial charge in [0.15, 0.2) is 11.6 Å². The van der Waals surface area contributed by atoms with E-state index in [0.717, 1.165) is 94.5 Å². The molecule has 0 saturated carbocycles. The molecule has 0 aliphatic heterocycles. The van der Waals surface area contributed by atoms with E-state index >= 15 is 0 Å². The van der Waals surface area contributed by atoms with Crippen molar-refractivity contribution in [2.75, 3.05) is 0 Å². The summed E-state index contributed by atoms with van der Waals surface area (Å²) in [6.07, 6.45) is 0. The lowest BCUT2D eigenvalue weighted by Gasteiger charge is -2.21. The van der Waals surface area contributed by atoms with Gasteiger partial charge >= 0.3 is 0 Å². The smallest absolute Gasteiger partial charge is 0.160 e. The second kappa shape index (κ2) is 18.2. The van der Waals surface area contributed by atoms with Crippen molar-refractivity contribution < 1.29 is 0 Å². The van der Waals surface area contributed by atoms with Crippen LogP contribution in [0.15, 0.2) is 231 Å². The molecule has 0 fully saturated rings. The zero-order valence-electron chi connectivity index (χ0n) is 39.1. The highest BCUT2D eigenvalue weighted by molar-refractivity contribution is 6.12. The third-order valence-corrected chi connectivity index (χ3v) is 13.2. The van der Waals surface area contributed by atoms with E-state index in [-0.39, 0.29) is 0 Å². The monoisotopic (exact) mass is 908 g/mol. The van der Waals surface area contributed by atoms with Gasteiger partial charge in [0.2, 0.25) is 0 Å². The van der Waals surface area contributed by atoms with Crippen molar-refractivity contribution in [1.29, 1.82) is 5.26 Å². The molecule has 6 nitrogen and oxygen atoms in total. The van der Waals surface area contributed by atoms with E-state index < -0.39 is 0 Å². The maximum atomic E-state index is 11.1. The number of hydrogen-bond donors (Lipinski definition) is 0. The Bertz CT molecular complexity index is 3610. The number of benzene rings is 9. The van der Waals surface area contributed by atoms with Crippen LogP contribution in [0.5, 0.6) is 0 Å².